The molecule has 0 saturated carbocycles. The van der Waals surface area contributed by atoms with Crippen molar-refractivity contribution in [1.82, 2.24) is 0 Å². The highest BCUT2D eigenvalue weighted by atomic mass is 35.5. The lowest BCUT2D eigenvalue weighted by Crippen LogP contribution is -2.21. The van der Waals surface area contributed by atoms with E-state index in [1.165, 1.54) is 5.56 Å². The average molecular weight is 288 g/mol. The van der Waals surface area contributed by atoms with Crippen LogP contribution >= 0.6 is 11.6 Å². The van der Waals surface area contributed by atoms with Crippen molar-refractivity contribution in [3.63, 3.8) is 0 Å². The van der Waals surface area contributed by atoms with Gasteiger partial charge in [-0.15, -0.1) is 0 Å². The lowest BCUT2D eigenvalue weighted by molar-refractivity contribution is 0.0985. The Labute approximate surface area is 125 Å². The highest BCUT2D eigenvalue weighted by molar-refractivity contribution is 6.31. The van der Waals surface area contributed by atoms with E-state index in [0.717, 1.165) is 5.69 Å². The van der Waals surface area contributed by atoms with Gasteiger partial charge in [0.1, 0.15) is 0 Å². The molecule has 104 valence electrons. The Hall–Kier alpha value is -1.80. The molecule has 2 rings (SSSR count). The van der Waals surface area contributed by atoms with Gasteiger partial charge in [-0.1, -0.05) is 41.9 Å². The van der Waals surface area contributed by atoms with Gasteiger partial charge in [-0.05, 0) is 30.7 Å². The Bertz CT molecular complexity index is 609. The van der Waals surface area contributed by atoms with Crippen LogP contribution in [0.1, 0.15) is 22.3 Å². The topological polar surface area (TPSA) is 20.3 Å². The van der Waals surface area contributed by atoms with E-state index in [9.17, 15) is 4.79 Å². The zero-order valence-corrected chi connectivity index (χ0v) is 12.5. The number of benzene rings is 2. The first-order chi connectivity index (χ1) is 9.58. The summed E-state index contributed by atoms with van der Waals surface area (Å²) in [5.74, 6) is 0.118. The minimum Gasteiger partial charge on any atom is -0.374 e. The Kier molecular flexibility index (Phi) is 4.80. The quantitative estimate of drug-likeness (QED) is 0.762. The van der Waals surface area contributed by atoms with E-state index in [0.29, 0.717) is 23.6 Å². The van der Waals surface area contributed by atoms with E-state index in [4.69, 9.17) is 11.6 Å². The fourth-order valence-corrected chi connectivity index (χ4v) is 2.38. The van der Waals surface area contributed by atoms with Crippen LogP contribution in [0.3, 0.4) is 0 Å². The van der Waals surface area contributed by atoms with Crippen LogP contribution in [0.25, 0.3) is 0 Å². The van der Waals surface area contributed by atoms with Gasteiger partial charge in [0.15, 0.2) is 5.78 Å². The molecular formula is C17H18ClNO. The van der Waals surface area contributed by atoms with Crippen molar-refractivity contribution >= 4 is 23.1 Å². The molecule has 2 aromatic rings. The van der Waals surface area contributed by atoms with Crippen LogP contribution in [0.15, 0.2) is 48.5 Å². The number of rotatable bonds is 5. The van der Waals surface area contributed by atoms with Gasteiger partial charge in [-0.25, -0.2) is 0 Å². The van der Waals surface area contributed by atoms with Crippen LogP contribution in [-0.2, 0) is 0 Å². The molecule has 0 saturated heterocycles. The number of carbonyl (C=O) groups is 1. The summed E-state index contributed by atoms with van der Waals surface area (Å²) >= 11 is 5.91. The van der Waals surface area contributed by atoms with Crippen molar-refractivity contribution in [2.45, 2.75) is 13.3 Å². The van der Waals surface area contributed by atoms with E-state index in [1.54, 1.807) is 18.2 Å². The summed E-state index contributed by atoms with van der Waals surface area (Å²) in [6, 6.07) is 15.3. The van der Waals surface area contributed by atoms with Gasteiger partial charge >= 0.3 is 0 Å². The van der Waals surface area contributed by atoms with Crippen LogP contribution in [-0.4, -0.2) is 19.4 Å². The third-order valence-electron chi connectivity index (χ3n) is 3.35. The van der Waals surface area contributed by atoms with Crippen LogP contribution in [0.5, 0.6) is 0 Å². The van der Waals surface area contributed by atoms with E-state index in [1.807, 2.05) is 25.2 Å². The molecule has 0 aliphatic rings. The Morgan fingerprint density at radius 2 is 1.90 bits per heavy atom. The molecule has 0 aromatic heterocycles. The lowest BCUT2D eigenvalue weighted by atomic mass is 10.1. The summed E-state index contributed by atoms with van der Waals surface area (Å²) in [4.78, 5) is 14.2. The Morgan fingerprint density at radius 1 is 1.15 bits per heavy atom. The molecule has 2 aromatic carbocycles. The van der Waals surface area contributed by atoms with E-state index in [-0.39, 0.29) is 5.78 Å². The van der Waals surface area contributed by atoms with Gasteiger partial charge in [-0.2, -0.15) is 0 Å². The van der Waals surface area contributed by atoms with Gasteiger partial charge < -0.3 is 4.90 Å². The van der Waals surface area contributed by atoms with Crippen molar-refractivity contribution in [3.05, 3.63) is 64.7 Å². The molecule has 3 heteroatoms. The third kappa shape index (κ3) is 3.61. The number of Topliss-reactive ketones (excluding diaryl/α,β-unsaturated/α-hetero) is 1. The molecule has 0 amide bonds. The van der Waals surface area contributed by atoms with Gasteiger partial charge in [0, 0.05) is 36.3 Å². The number of halogens is 1. The standard InChI is InChI=1S/C17H18ClNO/c1-13-6-3-4-9-16(13)19(2)11-10-17(20)14-7-5-8-15(18)12-14/h3-9,12H,10-11H2,1-2H3. The maximum atomic E-state index is 12.1. The highest BCUT2D eigenvalue weighted by Crippen LogP contribution is 2.18. The second-order valence-corrected chi connectivity index (χ2v) is 5.33. The summed E-state index contributed by atoms with van der Waals surface area (Å²) in [5, 5.41) is 0.600. The molecule has 0 radical (unpaired) electrons. The van der Waals surface area contributed by atoms with Gasteiger partial charge in [0.05, 0.1) is 0 Å². The number of hydrogen-bond donors (Lipinski definition) is 0. The summed E-state index contributed by atoms with van der Waals surface area (Å²) in [6.07, 6.45) is 0.477. The zero-order valence-electron chi connectivity index (χ0n) is 11.8. The second kappa shape index (κ2) is 6.58. The van der Waals surface area contributed by atoms with Crippen molar-refractivity contribution < 1.29 is 4.79 Å². The van der Waals surface area contributed by atoms with Crippen molar-refractivity contribution in [2.24, 2.45) is 0 Å². The minimum atomic E-state index is 0.118. The molecular weight excluding hydrogens is 270 g/mol. The molecule has 0 fully saturated rings. The van der Waals surface area contributed by atoms with E-state index >= 15 is 0 Å². The summed E-state index contributed by atoms with van der Waals surface area (Å²) < 4.78 is 0. The van der Waals surface area contributed by atoms with Crippen LogP contribution < -0.4 is 4.90 Å². The number of ketones is 1. The van der Waals surface area contributed by atoms with Crippen molar-refractivity contribution in [2.75, 3.05) is 18.5 Å². The van der Waals surface area contributed by atoms with Crippen LogP contribution in [0.4, 0.5) is 5.69 Å². The maximum absolute atomic E-state index is 12.1. The molecule has 0 unspecified atom stereocenters. The molecule has 0 aliphatic heterocycles. The SMILES string of the molecule is Cc1ccccc1N(C)CCC(=O)c1cccc(Cl)c1. The highest BCUT2D eigenvalue weighted by Gasteiger charge is 2.09. The van der Waals surface area contributed by atoms with Crippen LogP contribution in [0.2, 0.25) is 5.02 Å². The predicted octanol–water partition coefficient (Wildman–Crippen LogP) is 4.36. The van der Waals surface area contributed by atoms with Gasteiger partial charge in [-0.3, -0.25) is 4.79 Å². The first kappa shape index (κ1) is 14.6. The number of aryl methyl sites for hydroxylation is 1. The average Bonchev–Trinajstić information content (AvgIpc) is 2.45. The van der Waals surface area contributed by atoms with Crippen molar-refractivity contribution in [3.8, 4) is 0 Å². The molecule has 0 N–H and O–H groups in total. The number of anilines is 1. The van der Waals surface area contributed by atoms with Gasteiger partial charge in [0.2, 0.25) is 0 Å². The molecule has 0 spiro atoms. The number of carbonyl (C=O) groups excluding carboxylic acids is 1. The zero-order chi connectivity index (χ0) is 14.5. The molecule has 20 heavy (non-hydrogen) atoms. The number of hydrogen-bond acceptors (Lipinski definition) is 2. The normalized spacial score (nSPS) is 10.3. The lowest BCUT2D eigenvalue weighted by Gasteiger charge is -2.21. The largest absolute Gasteiger partial charge is 0.374 e. The fourth-order valence-electron chi connectivity index (χ4n) is 2.19. The molecule has 0 bridgehead atoms. The Morgan fingerprint density at radius 3 is 2.60 bits per heavy atom. The van der Waals surface area contributed by atoms with E-state index < -0.39 is 0 Å². The first-order valence-electron chi connectivity index (χ1n) is 6.63. The smallest absolute Gasteiger partial charge is 0.164 e. The van der Waals surface area contributed by atoms with E-state index in [2.05, 4.69) is 24.0 Å². The molecule has 0 heterocycles. The molecule has 0 atom stereocenters. The number of nitrogens with zero attached hydrogens (tertiary/aromatic N) is 1. The molecule has 0 aliphatic carbocycles. The Balaban J connectivity index is 1.99. The molecule has 2 nitrogen and oxygen atoms in total. The first-order valence-corrected chi connectivity index (χ1v) is 7.01. The summed E-state index contributed by atoms with van der Waals surface area (Å²) in [7, 11) is 2.01. The van der Waals surface area contributed by atoms with Crippen LogP contribution in [0, 0.1) is 6.92 Å². The number of para-hydroxylation sites is 1. The summed E-state index contributed by atoms with van der Waals surface area (Å²) in [6.45, 7) is 2.76. The third-order valence-corrected chi connectivity index (χ3v) is 3.58. The summed E-state index contributed by atoms with van der Waals surface area (Å²) in [5.41, 5.74) is 3.05. The fraction of sp³-hybridized carbons (Fsp3) is 0.235. The monoisotopic (exact) mass is 287 g/mol. The van der Waals surface area contributed by atoms with Gasteiger partial charge in [0.25, 0.3) is 0 Å². The van der Waals surface area contributed by atoms with Crippen molar-refractivity contribution in [1.29, 1.82) is 0 Å². The predicted molar refractivity (Wildman–Crippen MR) is 84.8 cm³/mol. The maximum Gasteiger partial charge on any atom is 0.164 e. The second-order valence-electron chi connectivity index (χ2n) is 4.89. The minimum absolute atomic E-state index is 0.118.